The van der Waals surface area contributed by atoms with Crippen LogP contribution in [-0.2, 0) is 0 Å². The number of hydrogen-bond donors (Lipinski definition) is 1. The Morgan fingerprint density at radius 1 is 1.44 bits per heavy atom. The lowest BCUT2D eigenvalue weighted by molar-refractivity contribution is 0.929. The summed E-state index contributed by atoms with van der Waals surface area (Å²) in [5.74, 6) is 0.682. The molecule has 9 heavy (non-hydrogen) atoms. The van der Waals surface area contributed by atoms with E-state index in [0.29, 0.717) is 5.84 Å². The zero-order valence-electron chi connectivity index (χ0n) is 6.94. The maximum atomic E-state index is 5.23. The smallest absolute Gasteiger partial charge is 0.0905 e. The Morgan fingerprint density at radius 2 is 1.89 bits per heavy atom. The van der Waals surface area contributed by atoms with E-state index in [9.17, 15) is 0 Å². The topological polar surface area (TPSA) is 38.4 Å². The molecule has 0 unspecified atom stereocenters. The molecule has 0 amide bonds. The summed E-state index contributed by atoms with van der Waals surface area (Å²) in [4.78, 5) is 3.94. The molecule has 0 aliphatic rings. The van der Waals surface area contributed by atoms with E-state index in [1.54, 1.807) is 6.92 Å². The lowest BCUT2D eigenvalue weighted by Gasteiger charge is -1.86. The zero-order chi connectivity index (χ0) is 7.70. The third-order valence-electron chi connectivity index (χ3n) is 0.585. The van der Waals surface area contributed by atoms with Crippen molar-refractivity contribution in [3.8, 4) is 0 Å². The minimum absolute atomic E-state index is 0.682. The van der Waals surface area contributed by atoms with Crippen LogP contribution in [0.4, 0.5) is 0 Å². The van der Waals surface area contributed by atoms with Crippen molar-refractivity contribution in [2.45, 2.75) is 34.1 Å². The summed E-state index contributed by atoms with van der Waals surface area (Å²) in [6, 6.07) is 0. The highest BCUT2D eigenvalue weighted by molar-refractivity contribution is 5.77. The van der Waals surface area contributed by atoms with E-state index < -0.39 is 0 Å². The summed E-state index contributed by atoms with van der Waals surface area (Å²) in [6.45, 7) is 8.74. The van der Waals surface area contributed by atoms with Gasteiger partial charge in [-0.15, -0.1) is 0 Å². The van der Waals surface area contributed by atoms with Crippen molar-refractivity contribution < 1.29 is 0 Å². The predicted molar refractivity (Wildman–Crippen MR) is 43.8 cm³/mol. The van der Waals surface area contributed by atoms with Crippen molar-refractivity contribution in [3.63, 3.8) is 0 Å². The second kappa shape index (κ2) is 10.5. The van der Waals surface area contributed by atoms with E-state index in [2.05, 4.69) is 11.9 Å². The SMILES string of the molecule is CC.CCCN=C(C)N. The van der Waals surface area contributed by atoms with Gasteiger partial charge in [0.1, 0.15) is 0 Å². The van der Waals surface area contributed by atoms with Gasteiger partial charge in [0, 0.05) is 6.54 Å². The number of nitrogens with two attached hydrogens (primary N) is 1. The first kappa shape index (κ1) is 11.3. The molecule has 0 fully saturated rings. The second-order valence-corrected chi connectivity index (χ2v) is 1.52. The van der Waals surface area contributed by atoms with Crippen LogP contribution in [-0.4, -0.2) is 12.4 Å². The van der Waals surface area contributed by atoms with E-state index in [1.807, 2.05) is 13.8 Å². The Bertz CT molecular complexity index is 63.3. The van der Waals surface area contributed by atoms with E-state index in [-0.39, 0.29) is 0 Å². The molecule has 2 N–H and O–H groups in total. The highest BCUT2D eigenvalue weighted by Gasteiger charge is 1.73. The summed E-state index contributed by atoms with van der Waals surface area (Å²) in [6.07, 6.45) is 1.08. The average Bonchev–Trinajstić information content (AvgIpc) is 1.88. The van der Waals surface area contributed by atoms with Gasteiger partial charge < -0.3 is 5.73 Å². The van der Waals surface area contributed by atoms with Crippen molar-refractivity contribution in [3.05, 3.63) is 0 Å². The number of amidine groups is 1. The first-order valence-corrected chi connectivity index (χ1v) is 3.54. The zero-order valence-corrected chi connectivity index (χ0v) is 6.94. The van der Waals surface area contributed by atoms with Crippen LogP contribution in [0.3, 0.4) is 0 Å². The Balaban J connectivity index is 0. The second-order valence-electron chi connectivity index (χ2n) is 1.52. The normalized spacial score (nSPS) is 10.0. The molecule has 0 aromatic carbocycles. The van der Waals surface area contributed by atoms with Gasteiger partial charge in [-0.1, -0.05) is 20.8 Å². The summed E-state index contributed by atoms with van der Waals surface area (Å²) >= 11 is 0. The fourth-order valence-electron chi connectivity index (χ4n) is 0.288. The minimum atomic E-state index is 0.682. The molecule has 0 aromatic heterocycles. The van der Waals surface area contributed by atoms with Gasteiger partial charge in [0.05, 0.1) is 5.84 Å². The predicted octanol–water partition coefficient (Wildman–Crippen LogP) is 1.80. The number of rotatable bonds is 2. The highest BCUT2D eigenvalue weighted by atomic mass is 14.8. The average molecular weight is 130 g/mol. The molecular weight excluding hydrogens is 112 g/mol. The molecule has 0 aliphatic heterocycles. The van der Waals surface area contributed by atoms with Crippen LogP contribution < -0.4 is 5.73 Å². The molecule has 0 saturated carbocycles. The van der Waals surface area contributed by atoms with Gasteiger partial charge in [-0.25, -0.2) is 0 Å². The number of hydrogen-bond acceptors (Lipinski definition) is 1. The van der Waals surface area contributed by atoms with Crippen LogP contribution in [0.15, 0.2) is 4.99 Å². The molecule has 0 atom stereocenters. The van der Waals surface area contributed by atoms with Crippen molar-refractivity contribution in [2.75, 3.05) is 6.54 Å². The minimum Gasteiger partial charge on any atom is -0.388 e. The van der Waals surface area contributed by atoms with Crippen LogP contribution in [0.5, 0.6) is 0 Å². The fraction of sp³-hybridized carbons (Fsp3) is 0.857. The number of nitrogens with zero attached hydrogens (tertiary/aromatic N) is 1. The Morgan fingerprint density at radius 3 is 2.00 bits per heavy atom. The van der Waals surface area contributed by atoms with Gasteiger partial charge in [-0.05, 0) is 13.3 Å². The standard InChI is InChI=1S/C5H12N2.C2H6/c1-3-4-7-5(2)6;1-2/h3-4H2,1-2H3,(H2,6,7);1-2H3. The third kappa shape index (κ3) is 18.6. The van der Waals surface area contributed by atoms with E-state index in [4.69, 9.17) is 5.73 Å². The Hall–Kier alpha value is -0.530. The van der Waals surface area contributed by atoms with Crippen LogP contribution >= 0.6 is 0 Å². The fourth-order valence-corrected chi connectivity index (χ4v) is 0.288. The van der Waals surface area contributed by atoms with Crippen LogP contribution in [0.1, 0.15) is 34.1 Å². The van der Waals surface area contributed by atoms with Crippen molar-refractivity contribution in [2.24, 2.45) is 10.7 Å². The first-order chi connectivity index (χ1) is 4.27. The van der Waals surface area contributed by atoms with E-state index in [1.165, 1.54) is 0 Å². The summed E-state index contributed by atoms with van der Waals surface area (Å²) in [5, 5.41) is 0. The molecule has 0 heterocycles. The highest BCUT2D eigenvalue weighted by Crippen LogP contribution is 1.75. The molecule has 2 nitrogen and oxygen atoms in total. The molecule has 0 aliphatic carbocycles. The molecule has 0 radical (unpaired) electrons. The lowest BCUT2D eigenvalue weighted by atomic mass is 10.5. The molecular formula is C7H18N2. The van der Waals surface area contributed by atoms with E-state index >= 15 is 0 Å². The summed E-state index contributed by atoms with van der Waals surface area (Å²) < 4.78 is 0. The molecule has 2 heteroatoms. The Labute approximate surface area is 58.2 Å². The third-order valence-corrected chi connectivity index (χ3v) is 0.585. The molecule has 0 aromatic rings. The number of aliphatic imine (C=N–C) groups is 1. The van der Waals surface area contributed by atoms with Crippen molar-refractivity contribution >= 4 is 5.84 Å². The van der Waals surface area contributed by atoms with E-state index in [0.717, 1.165) is 13.0 Å². The van der Waals surface area contributed by atoms with Gasteiger partial charge in [-0.3, -0.25) is 4.99 Å². The van der Waals surface area contributed by atoms with Crippen LogP contribution in [0.2, 0.25) is 0 Å². The maximum Gasteiger partial charge on any atom is 0.0905 e. The largest absolute Gasteiger partial charge is 0.388 e. The lowest BCUT2D eigenvalue weighted by Crippen LogP contribution is -2.05. The van der Waals surface area contributed by atoms with Gasteiger partial charge >= 0.3 is 0 Å². The first-order valence-electron chi connectivity index (χ1n) is 3.54. The Kier molecular flexibility index (Phi) is 13.1. The molecule has 0 bridgehead atoms. The maximum absolute atomic E-state index is 5.23. The molecule has 0 spiro atoms. The van der Waals surface area contributed by atoms with Gasteiger partial charge in [0.25, 0.3) is 0 Å². The summed E-state index contributed by atoms with van der Waals surface area (Å²) in [7, 11) is 0. The van der Waals surface area contributed by atoms with Crippen LogP contribution in [0, 0.1) is 0 Å². The van der Waals surface area contributed by atoms with Gasteiger partial charge in [0.15, 0.2) is 0 Å². The van der Waals surface area contributed by atoms with Crippen LogP contribution in [0.25, 0.3) is 0 Å². The monoisotopic (exact) mass is 130 g/mol. The summed E-state index contributed by atoms with van der Waals surface area (Å²) in [5.41, 5.74) is 5.23. The van der Waals surface area contributed by atoms with Crippen molar-refractivity contribution in [1.82, 2.24) is 0 Å². The molecule has 0 rings (SSSR count). The van der Waals surface area contributed by atoms with Gasteiger partial charge in [0.2, 0.25) is 0 Å². The van der Waals surface area contributed by atoms with Gasteiger partial charge in [-0.2, -0.15) is 0 Å². The quantitative estimate of drug-likeness (QED) is 0.449. The molecule has 0 saturated heterocycles. The van der Waals surface area contributed by atoms with Crippen molar-refractivity contribution in [1.29, 1.82) is 0 Å². The molecule has 56 valence electrons.